The lowest BCUT2D eigenvalue weighted by atomic mass is 10.0. The molecule has 0 spiro atoms. The van der Waals surface area contributed by atoms with Crippen molar-refractivity contribution in [3.63, 3.8) is 0 Å². The predicted molar refractivity (Wildman–Crippen MR) is 124 cm³/mol. The molecule has 4 rings (SSSR count). The molecule has 0 aliphatic carbocycles. The number of piperidine rings is 1. The first-order valence-corrected chi connectivity index (χ1v) is 11.6. The molecule has 3 aromatic rings. The van der Waals surface area contributed by atoms with Gasteiger partial charge in [0, 0.05) is 18.0 Å². The summed E-state index contributed by atoms with van der Waals surface area (Å²) < 4.78 is 19.1. The molecular weight excluding hydrogens is 453 g/mol. The van der Waals surface area contributed by atoms with Gasteiger partial charge in [-0.1, -0.05) is 24.1 Å². The standard InChI is InChI=1S/C23H23ClFN3O3S/c1-13-6-3-4-11-28(13)12-14-9-10-15-19(20(23(30)31-2)32-22(15)26-14)27-21(29)18-16(24)7-5-8-17(18)25/h5,7-10,13H,3-4,6,11-12H2,1-2H3,(H,27,29)/t13-/m1/s1. The van der Waals surface area contributed by atoms with Crippen LogP contribution < -0.4 is 5.32 Å². The molecule has 6 nitrogen and oxygen atoms in total. The zero-order valence-electron chi connectivity index (χ0n) is 17.8. The topological polar surface area (TPSA) is 71.5 Å². The fourth-order valence-corrected chi connectivity index (χ4v) is 5.27. The van der Waals surface area contributed by atoms with E-state index in [4.69, 9.17) is 21.3 Å². The molecule has 1 amide bonds. The van der Waals surface area contributed by atoms with E-state index < -0.39 is 17.7 Å². The fourth-order valence-electron chi connectivity index (χ4n) is 3.96. The summed E-state index contributed by atoms with van der Waals surface area (Å²) in [5.41, 5.74) is 0.846. The Morgan fingerprint density at radius 1 is 1.31 bits per heavy atom. The molecule has 0 radical (unpaired) electrons. The molecule has 0 saturated carbocycles. The maximum atomic E-state index is 14.2. The highest BCUT2D eigenvalue weighted by Crippen LogP contribution is 2.36. The van der Waals surface area contributed by atoms with E-state index >= 15 is 0 Å². The quantitative estimate of drug-likeness (QED) is 0.493. The van der Waals surface area contributed by atoms with Crippen LogP contribution in [0.1, 0.15) is 51.9 Å². The first-order valence-electron chi connectivity index (χ1n) is 10.4. The van der Waals surface area contributed by atoms with Crippen LogP contribution in [-0.4, -0.2) is 41.5 Å². The van der Waals surface area contributed by atoms with Crippen molar-refractivity contribution in [1.29, 1.82) is 0 Å². The van der Waals surface area contributed by atoms with Crippen molar-refractivity contribution in [1.82, 2.24) is 9.88 Å². The molecule has 1 fully saturated rings. The van der Waals surface area contributed by atoms with Crippen molar-refractivity contribution in [2.45, 2.75) is 38.8 Å². The minimum atomic E-state index is -0.746. The normalized spacial score (nSPS) is 16.8. The number of halogens is 2. The van der Waals surface area contributed by atoms with Crippen LogP contribution in [0, 0.1) is 5.82 Å². The number of amides is 1. The van der Waals surface area contributed by atoms with E-state index in [1.807, 2.05) is 12.1 Å². The van der Waals surface area contributed by atoms with E-state index in [-0.39, 0.29) is 21.2 Å². The van der Waals surface area contributed by atoms with Gasteiger partial charge < -0.3 is 10.1 Å². The Kier molecular flexibility index (Phi) is 6.74. The number of esters is 1. The lowest BCUT2D eigenvalue weighted by molar-refractivity contribution is 0.0607. The second kappa shape index (κ2) is 9.52. The Morgan fingerprint density at radius 3 is 2.84 bits per heavy atom. The minimum Gasteiger partial charge on any atom is -0.465 e. The number of benzene rings is 1. The first-order chi connectivity index (χ1) is 15.4. The van der Waals surface area contributed by atoms with Crippen LogP contribution in [0.3, 0.4) is 0 Å². The van der Waals surface area contributed by atoms with Gasteiger partial charge in [-0.05, 0) is 50.6 Å². The van der Waals surface area contributed by atoms with Crippen molar-refractivity contribution >= 4 is 50.7 Å². The molecule has 3 heterocycles. The van der Waals surface area contributed by atoms with Crippen LogP contribution in [0.5, 0.6) is 0 Å². The molecule has 1 aliphatic heterocycles. The van der Waals surface area contributed by atoms with Gasteiger partial charge in [0.25, 0.3) is 5.91 Å². The van der Waals surface area contributed by atoms with E-state index in [2.05, 4.69) is 17.1 Å². The molecule has 32 heavy (non-hydrogen) atoms. The molecule has 2 aromatic heterocycles. The van der Waals surface area contributed by atoms with Crippen LogP contribution in [-0.2, 0) is 11.3 Å². The van der Waals surface area contributed by atoms with Crippen molar-refractivity contribution in [2.24, 2.45) is 0 Å². The Hall–Kier alpha value is -2.55. The van der Waals surface area contributed by atoms with E-state index in [9.17, 15) is 14.0 Å². The number of thiophene rings is 1. The molecule has 168 valence electrons. The summed E-state index contributed by atoms with van der Waals surface area (Å²) in [5.74, 6) is -2.09. The van der Waals surface area contributed by atoms with Crippen molar-refractivity contribution in [3.05, 3.63) is 57.3 Å². The number of aromatic nitrogens is 1. The third-order valence-corrected chi connectivity index (χ3v) is 7.11. The monoisotopic (exact) mass is 475 g/mol. The molecule has 0 unspecified atom stereocenters. The molecule has 9 heteroatoms. The smallest absolute Gasteiger partial charge is 0.350 e. The summed E-state index contributed by atoms with van der Waals surface area (Å²) in [6.45, 7) is 3.97. The van der Waals surface area contributed by atoms with Gasteiger partial charge in [0.05, 0.1) is 29.1 Å². The number of nitrogens with one attached hydrogen (secondary N) is 1. The number of ether oxygens (including phenoxy) is 1. The zero-order chi connectivity index (χ0) is 22.8. The van der Waals surface area contributed by atoms with Gasteiger partial charge >= 0.3 is 5.97 Å². The lowest BCUT2D eigenvalue weighted by Crippen LogP contribution is -2.36. The number of carbonyl (C=O) groups is 2. The average molecular weight is 476 g/mol. The Bertz CT molecular complexity index is 1160. The second-order valence-electron chi connectivity index (χ2n) is 7.82. The molecular formula is C23H23ClFN3O3S. The van der Waals surface area contributed by atoms with E-state index in [1.165, 1.54) is 38.5 Å². The lowest BCUT2D eigenvalue weighted by Gasteiger charge is -2.32. The van der Waals surface area contributed by atoms with Crippen molar-refractivity contribution in [3.8, 4) is 0 Å². The highest BCUT2D eigenvalue weighted by molar-refractivity contribution is 7.21. The third kappa shape index (κ3) is 4.48. The molecule has 1 saturated heterocycles. The number of hydrogen-bond donors (Lipinski definition) is 1. The number of rotatable bonds is 5. The zero-order valence-corrected chi connectivity index (χ0v) is 19.4. The van der Waals surface area contributed by atoms with Crippen LogP contribution >= 0.6 is 22.9 Å². The number of nitrogens with zero attached hydrogens (tertiary/aromatic N) is 2. The molecule has 1 N–H and O–H groups in total. The number of likely N-dealkylation sites (tertiary alicyclic amines) is 1. The van der Waals surface area contributed by atoms with Crippen molar-refractivity contribution < 1.29 is 18.7 Å². The molecule has 1 aliphatic rings. The first kappa shape index (κ1) is 22.6. The molecule has 0 bridgehead atoms. The summed E-state index contributed by atoms with van der Waals surface area (Å²) in [6, 6.07) is 8.22. The predicted octanol–water partition coefficient (Wildman–Crippen LogP) is 5.50. The van der Waals surface area contributed by atoms with Gasteiger partial charge in [-0.15, -0.1) is 11.3 Å². The number of anilines is 1. The Labute approximate surface area is 194 Å². The highest BCUT2D eigenvalue weighted by Gasteiger charge is 2.25. The van der Waals surface area contributed by atoms with Gasteiger partial charge in [-0.3, -0.25) is 9.69 Å². The summed E-state index contributed by atoms with van der Waals surface area (Å²) in [4.78, 5) is 33.1. The Balaban J connectivity index is 1.69. The highest BCUT2D eigenvalue weighted by atomic mass is 35.5. The number of pyridine rings is 1. The molecule has 1 atom stereocenters. The van der Waals surface area contributed by atoms with E-state index in [0.717, 1.165) is 36.2 Å². The van der Waals surface area contributed by atoms with Gasteiger partial charge in [-0.2, -0.15) is 0 Å². The van der Waals surface area contributed by atoms with E-state index in [0.29, 0.717) is 16.3 Å². The molecule has 1 aromatic carbocycles. The summed E-state index contributed by atoms with van der Waals surface area (Å²) >= 11 is 7.16. The summed E-state index contributed by atoms with van der Waals surface area (Å²) in [7, 11) is 1.27. The minimum absolute atomic E-state index is 0.0160. The van der Waals surface area contributed by atoms with Crippen LogP contribution in [0.4, 0.5) is 10.1 Å². The summed E-state index contributed by atoms with van der Waals surface area (Å²) in [5, 5.41) is 3.22. The fraction of sp³-hybridized carbons (Fsp3) is 0.348. The van der Waals surface area contributed by atoms with Gasteiger partial charge in [0.2, 0.25) is 0 Å². The average Bonchev–Trinajstić information content (AvgIpc) is 3.12. The van der Waals surface area contributed by atoms with Crippen molar-refractivity contribution in [2.75, 3.05) is 19.0 Å². The van der Waals surface area contributed by atoms with Gasteiger partial charge in [-0.25, -0.2) is 14.2 Å². The van der Waals surface area contributed by atoms with Crippen LogP contribution in [0.15, 0.2) is 30.3 Å². The number of carbonyl (C=O) groups excluding carboxylic acids is 2. The third-order valence-electron chi connectivity index (χ3n) is 5.72. The van der Waals surface area contributed by atoms with Crippen LogP contribution in [0.2, 0.25) is 5.02 Å². The van der Waals surface area contributed by atoms with Gasteiger partial charge in [0.15, 0.2) is 0 Å². The number of fused-ring (bicyclic) bond motifs is 1. The SMILES string of the molecule is COC(=O)c1sc2nc(CN3CCCC[C@H]3C)ccc2c1NC(=O)c1c(F)cccc1Cl. The van der Waals surface area contributed by atoms with Gasteiger partial charge in [0.1, 0.15) is 15.5 Å². The maximum absolute atomic E-state index is 14.2. The van der Waals surface area contributed by atoms with Crippen LogP contribution in [0.25, 0.3) is 10.2 Å². The number of hydrogen-bond acceptors (Lipinski definition) is 6. The Morgan fingerprint density at radius 2 is 2.12 bits per heavy atom. The number of methoxy groups -OCH3 is 1. The van der Waals surface area contributed by atoms with E-state index in [1.54, 1.807) is 0 Å². The second-order valence-corrected chi connectivity index (χ2v) is 9.23. The largest absolute Gasteiger partial charge is 0.465 e. The summed E-state index contributed by atoms with van der Waals surface area (Å²) in [6.07, 6.45) is 3.59. The maximum Gasteiger partial charge on any atom is 0.350 e.